The van der Waals surface area contributed by atoms with E-state index in [0.29, 0.717) is 48.1 Å². The van der Waals surface area contributed by atoms with E-state index in [9.17, 15) is 14.7 Å². The highest BCUT2D eigenvalue weighted by molar-refractivity contribution is 6.34. The van der Waals surface area contributed by atoms with Crippen LogP contribution in [0.5, 0.6) is 0 Å². The number of H-pyrrole nitrogens is 1. The zero-order chi connectivity index (χ0) is 21.6. The number of aromatic nitrogens is 2. The lowest BCUT2D eigenvalue weighted by atomic mass is 9.85. The summed E-state index contributed by atoms with van der Waals surface area (Å²) in [5, 5.41) is 13.8. The maximum atomic E-state index is 12.8. The highest BCUT2D eigenvalue weighted by Gasteiger charge is 2.30. The van der Waals surface area contributed by atoms with Crippen LogP contribution in [0.15, 0.2) is 35.3 Å². The molecule has 0 spiro atoms. The summed E-state index contributed by atoms with van der Waals surface area (Å²) in [7, 11) is 1.59. The third-order valence-corrected chi connectivity index (χ3v) is 5.67. The number of benzene rings is 1. The standard InChI is InChI=1S/C21H27ClN4O4/c1-30-12-11-26(18-7-10-23-20(28)25-18)15-5-6-17(22)16(13-15)19(27)24-14-21(29)8-3-2-4-9-21/h5-7,10,13,29H,2-4,8-9,11-12,14H2,1H3,(H,24,27)(H,23,25,28). The number of rotatable bonds is 8. The number of aliphatic hydroxyl groups is 1. The first-order valence-electron chi connectivity index (χ1n) is 10.0. The van der Waals surface area contributed by atoms with E-state index in [0.717, 1.165) is 19.3 Å². The summed E-state index contributed by atoms with van der Waals surface area (Å²) < 4.78 is 5.18. The van der Waals surface area contributed by atoms with Crippen LogP contribution in [0.4, 0.5) is 11.5 Å². The number of hydrogen-bond donors (Lipinski definition) is 3. The molecule has 0 atom stereocenters. The molecule has 1 fully saturated rings. The van der Waals surface area contributed by atoms with Gasteiger partial charge >= 0.3 is 5.69 Å². The van der Waals surface area contributed by atoms with Gasteiger partial charge in [0.05, 0.1) is 22.8 Å². The van der Waals surface area contributed by atoms with Crippen LogP contribution in [-0.4, -0.2) is 53.4 Å². The molecule has 1 saturated carbocycles. The van der Waals surface area contributed by atoms with Crippen LogP contribution in [0.1, 0.15) is 42.5 Å². The lowest BCUT2D eigenvalue weighted by molar-refractivity contribution is 0.00526. The van der Waals surface area contributed by atoms with Crippen molar-refractivity contribution in [3.05, 3.63) is 51.5 Å². The minimum Gasteiger partial charge on any atom is -0.388 e. The molecular weight excluding hydrogens is 408 g/mol. The molecule has 8 nitrogen and oxygen atoms in total. The smallest absolute Gasteiger partial charge is 0.346 e. The second-order valence-electron chi connectivity index (χ2n) is 7.54. The first kappa shape index (κ1) is 22.3. The molecule has 3 N–H and O–H groups in total. The fourth-order valence-corrected chi connectivity index (χ4v) is 3.87. The van der Waals surface area contributed by atoms with Gasteiger partial charge in [-0.05, 0) is 37.1 Å². The largest absolute Gasteiger partial charge is 0.388 e. The Kier molecular flexibility index (Phi) is 7.47. The van der Waals surface area contributed by atoms with Crippen molar-refractivity contribution >= 4 is 29.0 Å². The monoisotopic (exact) mass is 434 g/mol. The van der Waals surface area contributed by atoms with E-state index < -0.39 is 11.3 Å². The van der Waals surface area contributed by atoms with Gasteiger partial charge in [-0.25, -0.2) is 9.78 Å². The van der Waals surface area contributed by atoms with E-state index in [2.05, 4.69) is 15.3 Å². The molecule has 0 radical (unpaired) electrons. The van der Waals surface area contributed by atoms with Crippen LogP contribution >= 0.6 is 11.6 Å². The van der Waals surface area contributed by atoms with Crippen LogP contribution in [-0.2, 0) is 4.74 Å². The molecule has 1 aromatic carbocycles. The van der Waals surface area contributed by atoms with E-state index >= 15 is 0 Å². The zero-order valence-electron chi connectivity index (χ0n) is 17.0. The number of anilines is 2. The van der Waals surface area contributed by atoms with Gasteiger partial charge in [-0.2, -0.15) is 0 Å². The number of aromatic amines is 1. The molecule has 162 valence electrons. The van der Waals surface area contributed by atoms with Gasteiger partial charge in [0.1, 0.15) is 5.82 Å². The number of nitrogens with one attached hydrogen (secondary N) is 2. The van der Waals surface area contributed by atoms with Crippen LogP contribution < -0.4 is 15.9 Å². The first-order valence-corrected chi connectivity index (χ1v) is 10.4. The van der Waals surface area contributed by atoms with Crippen molar-refractivity contribution in [2.24, 2.45) is 0 Å². The van der Waals surface area contributed by atoms with Gasteiger partial charge in [0.2, 0.25) is 0 Å². The topological polar surface area (TPSA) is 108 Å². The summed E-state index contributed by atoms with van der Waals surface area (Å²) in [6, 6.07) is 6.74. The Labute approximate surface area is 180 Å². The molecule has 1 aromatic heterocycles. The number of halogens is 1. The Hall–Kier alpha value is -2.42. The molecule has 0 saturated heterocycles. The SMILES string of the molecule is COCCN(c1ccc(Cl)c(C(=O)NCC2(O)CCCCC2)c1)c1ccnc(=O)[nH]1. The fraction of sp³-hybridized carbons (Fsp3) is 0.476. The fourth-order valence-electron chi connectivity index (χ4n) is 3.67. The van der Waals surface area contributed by atoms with Crippen LogP contribution in [0.3, 0.4) is 0 Å². The van der Waals surface area contributed by atoms with E-state index in [4.69, 9.17) is 16.3 Å². The summed E-state index contributed by atoms with van der Waals surface area (Å²) in [4.78, 5) is 32.6. The second-order valence-corrected chi connectivity index (χ2v) is 7.94. The number of ether oxygens (including phenoxy) is 1. The van der Waals surface area contributed by atoms with Crippen molar-refractivity contribution in [1.29, 1.82) is 0 Å². The lowest BCUT2D eigenvalue weighted by Gasteiger charge is -2.32. The maximum Gasteiger partial charge on any atom is 0.346 e. The summed E-state index contributed by atoms with van der Waals surface area (Å²) in [5.41, 5.74) is -0.367. The molecule has 1 heterocycles. The predicted octanol–water partition coefficient (Wildman–Crippen LogP) is 2.63. The number of amides is 1. The molecule has 3 rings (SSSR count). The first-order chi connectivity index (χ1) is 14.4. The summed E-state index contributed by atoms with van der Waals surface area (Å²) in [6.45, 7) is 1.04. The van der Waals surface area contributed by atoms with E-state index in [1.165, 1.54) is 6.20 Å². The second kappa shape index (κ2) is 10.1. The van der Waals surface area contributed by atoms with Gasteiger partial charge in [0, 0.05) is 32.1 Å². The van der Waals surface area contributed by atoms with E-state index in [1.807, 2.05) is 4.90 Å². The molecule has 0 aliphatic heterocycles. The Bertz CT molecular complexity index is 927. The third kappa shape index (κ3) is 5.59. The van der Waals surface area contributed by atoms with Gasteiger partial charge in [0.15, 0.2) is 0 Å². The normalized spacial score (nSPS) is 15.6. The maximum absolute atomic E-state index is 12.8. The molecule has 9 heteroatoms. The minimum atomic E-state index is -0.862. The molecular formula is C21H27ClN4O4. The van der Waals surface area contributed by atoms with E-state index in [1.54, 1.807) is 31.4 Å². The van der Waals surface area contributed by atoms with Crippen molar-refractivity contribution < 1.29 is 14.6 Å². The Morgan fingerprint density at radius 2 is 2.10 bits per heavy atom. The van der Waals surface area contributed by atoms with Gasteiger partial charge in [-0.1, -0.05) is 30.9 Å². The summed E-state index contributed by atoms with van der Waals surface area (Å²) in [6.07, 6.45) is 5.81. The summed E-state index contributed by atoms with van der Waals surface area (Å²) in [5.74, 6) is 0.174. The zero-order valence-corrected chi connectivity index (χ0v) is 17.7. The Morgan fingerprint density at radius 3 is 2.80 bits per heavy atom. The number of nitrogens with zero attached hydrogens (tertiary/aromatic N) is 2. The van der Waals surface area contributed by atoms with Gasteiger partial charge in [0.25, 0.3) is 5.91 Å². The predicted molar refractivity (Wildman–Crippen MR) is 116 cm³/mol. The number of methoxy groups -OCH3 is 1. The molecule has 1 aliphatic carbocycles. The van der Waals surface area contributed by atoms with Crippen molar-refractivity contribution in [3.63, 3.8) is 0 Å². The average molecular weight is 435 g/mol. The van der Waals surface area contributed by atoms with E-state index in [-0.39, 0.29) is 12.5 Å². The quantitative estimate of drug-likeness (QED) is 0.589. The average Bonchev–Trinajstić information content (AvgIpc) is 2.74. The minimum absolute atomic E-state index is 0.192. The Balaban J connectivity index is 1.82. The highest BCUT2D eigenvalue weighted by atomic mass is 35.5. The molecule has 0 bridgehead atoms. The van der Waals surface area contributed by atoms with Gasteiger partial charge < -0.3 is 20.1 Å². The van der Waals surface area contributed by atoms with Crippen LogP contribution in [0.25, 0.3) is 0 Å². The van der Waals surface area contributed by atoms with Crippen molar-refractivity contribution in [2.75, 3.05) is 31.7 Å². The highest BCUT2D eigenvalue weighted by Crippen LogP contribution is 2.29. The van der Waals surface area contributed by atoms with Crippen molar-refractivity contribution in [2.45, 2.75) is 37.7 Å². The molecule has 1 amide bonds. The number of carbonyl (C=O) groups excluding carboxylic acids is 1. The third-order valence-electron chi connectivity index (χ3n) is 5.34. The number of hydrogen-bond acceptors (Lipinski definition) is 6. The lowest BCUT2D eigenvalue weighted by Crippen LogP contribution is -2.44. The van der Waals surface area contributed by atoms with Crippen LogP contribution in [0.2, 0.25) is 5.02 Å². The molecule has 0 unspecified atom stereocenters. The number of carbonyl (C=O) groups is 1. The molecule has 30 heavy (non-hydrogen) atoms. The van der Waals surface area contributed by atoms with Crippen LogP contribution in [0, 0.1) is 0 Å². The Morgan fingerprint density at radius 1 is 1.33 bits per heavy atom. The molecule has 2 aromatic rings. The van der Waals surface area contributed by atoms with Gasteiger partial charge in [-0.3, -0.25) is 9.78 Å². The molecule has 1 aliphatic rings. The summed E-state index contributed by atoms with van der Waals surface area (Å²) >= 11 is 6.29. The van der Waals surface area contributed by atoms with Crippen molar-refractivity contribution in [1.82, 2.24) is 15.3 Å². The van der Waals surface area contributed by atoms with Crippen molar-refractivity contribution in [3.8, 4) is 0 Å². The van der Waals surface area contributed by atoms with Gasteiger partial charge in [-0.15, -0.1) is 0 Å².